The van der Waals surface area contributed by atoms with Crippen LogP contribution in [0.15, 0.2) is 21.0 Å². The SMILES string of the molecule is Cc1nc(CN2CCOc3cc(Br)c(Cl)cc32)oc1C. The molecule has 0 atom stereocenters. The van der Waals surface area contributed by atoms with E-state index in [0.29, 0.717) is 24.1 Å². The second-order valence-electron chi connectivity index (χ2n) is 4.75. The third kappa shape index (κ3) is 2.52. The quantitative estimate of drug-likeness (QED) is 0.811. The molecule has 1 aromatic heterocycles. The second-order valence-corrected chi connectivity index (χ2v) is 6.01. The minimum absolute atomic E-state index is 0.614. The van der Waals surface area contributed by atoms with Gasteiger partial charge in [-0.05, 0) is 41.9 Å². The molecule has 0 aliphatic carbocycles. The van der Waals surface area contributed by atoms with Crippen molar-refractivity contribution in [1.82, 2.24) is 4.98 Å². The fourth-order valence-electron chi connectivity index (χ4n) is 2.20. The molecule has 0 fully saturated rings. The first kappa shape index (κ1) is 13.8. The molecule has 0 unspecified atom stereocenters. The van der Waals surface area contributed by atoms with Gasteiger partial charge in [0.25, 0.3) is 0 Å². The van der Waals surface area contributed by atoms with Crippen LogP contribution >= 0.6 is 27.5 Å². The first-order chi connectivity index (χ1) is 9.54. The van der Waals surface area contributed by atoms with E-state index in [9.17, 15) is 0 Å². The molecule has 3 rings (SSSR count). The van der Waals surface area contributed by atoms with Gasteiger partial charge < -0.3 is 14.1 Å². The number of rotatable bonds is 2. The van der Waals surface area contributed by atoms with Crippen molar-refractivity contribution in [2.45, 2.75) is 20.4 Å². The van der Waals surface area contributed by atoms with Gasteiger partial charge in [-0.15, -0.1) is 0 Å². The van der Waals surface area contributed by atoms with Crippen LogP contribution in [0.2, 0.25) is 5.02 Å². The van der Waals surface area contributed by atoms with Crippen LogP contribution in [0.4, 0.5) is 5.69 Å². The highest BCUT2D eigenvalue weighted by molar-refractivity contribution is 9.10. The first-order valence-electron chi connectivity index (χ1n) is 6.34. The van der Waals surface area contributed by atoms with E-state index >= 15 is 0 Å². The summed E-state index contributed by atoms with van der Waals surface area (Å²) in [6.45, 7) is 5.91. The smallest absolute Gasteiger partial charge is 0.214 e. The van der Waals surface area contributed by atoms with E-state index in [1.54, 1.807) is 0 Å². The summed E-state index contributed by atoms with van der Waals surface area (Å²) < 4.78 is 12.2. The Morgan fingerprint density at radius 3 is 2.90 bits per heavy atom. The fraction of sp³-hybridized carbons (Fsp3) is 0.357. The van der Waals surface area contributed by atoms with Gasteiger partial charge >= 0.3 is 0 Å². The Morgan fingerprint density at radius 1 is 1.40 bits per heavy atom. The van der Waals surface area contributed by atoms with Gasteiger partial charge in [-0.1, -0.05) is 11.6 Å². The molecule has 2 heterocycles. The minimum Gasteiger partial charge on any atom is -0.490 e. The Kier molecular flexibility index (Phi) is 3.65. The van der Waals surface area contributed by atoms with Gasteiger partial charge in [0.2, 0.25) is 5.89 Å². The molecule has 6 heteroatoms. The van der Waals surface area contributed by atoms with Crippen LogP contribution in [0.5, 0.6) is 5.75 Å². The summed E-state index contributed by atoms with van der Waals surface area (Å²) in [7, 11) is 0. The van der Waals surface area contributed by atoms with Crippen molar-refractivity contribution in [3.63, 3.8) is 0 Å². The van der Waals surface area contributed by atoms with E-state index in [1.807, 2.05) is 26.0 Å². The van der Waals surface area contributed by atoms with E-state index in [2.05, 4.69) is 25.8 Å². The zero-order valence-electron chi connectivity index (χ0n) is 11.2. The average Bonchev–Trinajstić information content (AvgIpc) is 2.71. The Bertz CT molecular complexity index is 637. The van der Waals surface area contributed by atoms with Crippen LogP contribution in [0.25, 0.3) is 0 Å². The number of nitrogens with zero attached hydrogens (tertiary/aromatic N) is 2. The molecule has 20 heavy (non-hydrogen) atoms. The number of fused-ring (bicyclic) bond motifs is 1. The number of anilines is 1. The van der Waals surface area contributed by atoms with Crippen LogP contribution in [0, 0.1) is 13.8 Å². The molecule has 1 aliphatic heterocycles. The van der Waals surface area contributed by atoms with Crippen LogP contribution in [-0.4, -0.2) is 18.1 Å². The Morgan fingerprint density at radius 2 is 2.20 bits per heavy atom. The normalized spacial score (nSPS) is 14.1. The van der Waals surface area contributed by atoms with Gasteiger partial charge in [0, 0.05) is 4.47 Å². The van der Waals surface area contributed by atoms with Crippen molar-refractivity contribution in [2.24, 2.45) is 0 Å². The van der Waals surface area contributed by atoms with Crippen molar-refractivity contribution < 1.29 is 9.15 Å². The number of halogens is 2. The second kappa shape index (κ2) is 5.30. The zero-order valence-corrected chi connectivity index (χ0v) is 13.6. The van der Waals surface area contributed by atoms with Crippen molar-refractivity contribution >= 4 is 33.2 Å². The molecule has 2 aromatic rings. The van der Waals surface area contributed by atoms with E-state index in [-0.39, 0.29) is 0 Å². The van der Waals surface area contributed by atoms with Gasteiger partial charge in [-0.3, -0.25) is 0 Å². The maximum Gasteiger partial charge on any atom is 0.214 e. The largest absolute Gasteiger partial charge is 0.490 e. The third-order valence-electron chi connectivity index (χ3n) is 3.36. The van der Waals surface area contributed by atoms with E-state index in [1.165, 1.54) is 0 Å². The highest BCUT2D eigenvalue weighted by Crippen LogP contribution is 2.39. The molecule has 1 aliphatic rings. The standard InChI is InChI=1S/C14H14BrClN2O2/c1-8-9(2)20-14(17-8)7-18-3-4-19-13-5-10(15)11(16)6-12(13)18/h5-6H,3-4,7H2,1-2H3. The zero-order chi connectivity index (χ0) is 14.3. The van der Waals surface area contributed by atoms with E-state index < -0.39 is 0 Å². The molecule has 0 saturated heterocycles. The van der Waals surface area contributed by atoms with Gasteiger partial charge in [0.05, 0.1) is 29.5 Å². The molecule has 0 bridgehead atoms. The van der Waals surface area contributed by atoms with Crippen molar-refractivity contribution in [2.75, 3.05) is 18.1 Å². The number of hydrogen-bond donors (Lipinski definition) is 0. The Balaban J connectivity index is 1.91. The molecule has 0 spiro atoms. The Labute approximate surface area is 130 Å². The number of hydrogen-bond acceptors (Lipinski definition) is 4. The molecule has 106 valence electrons. The predicted molar refractivity (Wildman–Crippen MR) is 81.7 cm³/mol. The van der Waals surface area contributed by atoms with E-state index in [4.69, 9.17) is 20.8 Å². The lowest BCUT2D eigenvalue weighted by Gasteiger charge is -2.30. The average molecular weight is 358 g/mol. The monoisotopic (exact) mass is 356 g/mol. The fourth-order valence-corrected chi connectivity index (χ4v) is 2.68. The highest BCUT2D eigenvalue weighted by atomic mass is 79.9. The summed E-state index contributed by atoms with van der Waals surface area (Å²) in [4.78, 5) is 6.59. The minimum atomic E-state index is 0.614. The lowest BCUT2D eigenvalue weighted by atomic mass is 10.2. The molecule has 0 amide bonds. The topological polar surface area (TPSA) is 38.5 Å². The summed E-state index contributed by atoms with van der Waals surface area (Å²) in [5, 5.41) is 0.666. The van der Waals surface area contributed by atoms with Gasteiger partial charge in [-0.2, -0.15) is 0 Å². The van der Waals surface area contributed by atoms with Gasteiger partial charge in [-0.25, -0.2) is 4.98 Å². The van der Waals surface area contributed by atoms with Crippen LogP contribution < -0.4 is 9.64 Å². The maximum atomic E-state index is 6.18. The summed E-state index contributed by atoms with van der Waals surface area (Å²) in [5.41, 5.74) is 1.90. The molecule has 0 saturated carbocycles. The molecule has 0 radical (unpaired) electrons. The van der Waals surface area contributed by atoms with Crippen LogP contribution in [0.3, 0.4) is 0 Å². The van der Waals surface area contributed by atoms with Crippen molar-refractivity contribution in [3.05, 3.63) is 39.0 Å². The molecule has 4 nitrogen and oxygen atoms in total. The predicted octanol–water partition coefficient (Wildman–Crippen LogP) is 4.11. The lowest BCUT2D eigenvalue weighted by Crippen LogP contribution is -2.32. The maximum absolute atomic E-state index is 6.18. The van der Waals surface area contributed by atoms with Crippen LogP contribution in [0.1, 0.15) is 17.3 Å². The summed E-state index contributed by atoms with van der Waals surface area (Å²) in [6, 6.07) is 3.80. The van der Waals surface area contributed by atoms with E-state index in [0.717, 1.165) is 33.9 Å². The molecular formula is C14H14BrClN2O2. The molecule has 0 N–H and O–H groups in total. The van der Waals surface area contributed by atoms with Crippen LogP contribution in [-0.2, 0) is 6.54 Å². The number of oxazole rings is 1. The van der Waals surface area contributed by atoms with Crippen molar-refractivity contribution in [1.29, 1.82) is 0 Å². The molecular weight excluding hydrogens is 344 g/mol. The number of benzene rings is 1. The number of aryl methyl sites for hydroxylation is 2. The summed E-state index contributed by atoms with van der Waals surface area (Å²) in [5.74, 6) is 2.40. The lowest BCUT2D eigenvalue weighted by molar-refractivity contribution is 0.303. The first-order valence-corrected chi connectivity index (χ1v) is 7.51. The van der Waals surface area contributed by atoms with Gasteiger partial charge in [0.1, 0.15) is 18.1 Å². The highest BCUT2D eigenvalue weighted by Gasteiger charge is 2.21. The Hall–Kier alpha value is -1.20. The van der Waals surface area contributed by atoms with Gasteiger partial charge in [0.15, 0.2) is 0 Å². The summed E-state index contributed by atoms with van der Waals surface area (Å²) >= 11 is 9.59. The third-order valence-corrected chi connectivity index (χ3v) is 4.56. The summed E-state index contributed by atoms with van der Waals surface area (Å²) in [6.07, 6.45) is 0. The van der Waals surface area contributed by atoms with Crippen molar-refractivity contribution in [3.8, 4) is 5.75 Å². The number of aromatic nitrogens is 1. The molecule has 1 aromatic carbocycles. The number of ether oxygens (including phenoxy) is 1.